The molecule has 10 heteroatoms. The second-order valence-electron chi connectivity index (χ2n) is 5.75. The molecule has 0 radical (unpaired) electrons. The summed E-state index contributed by atoms with van der Waals surface area (Å²) in [5.74, 6) is -2.04. The fourth-order valence-corrected chi connectivity index (χ4v) is 3.35. The van der Waals surface area contributed by atoms with Gasteiger partial charge in [-0.05, 0) is 24.3 Å². The van der Waals surface area contributed by atoms with E-state index >= 15 is 0 Å². The van der Waals surface area contributed by atoms with Crippen LogP contribution in [0.15, 0.2) is 58.8 Å². The quantitative estimate of drug-likeness (QED) is 0.722. The molecule has 1 aromatic carbocycles. The van der Waals surface area contributed by atoms with E-state index in [-0.39, 0.29) is 21.9 Å². The average molecular weight is 408 g/mol. The molecule has 2 rings (SSSR count). The number of allylic oxidation sites excluding steroid dienone is 2. The van der Waals surface area contributed by atoms with E-state index in [1.165, 1.54) is 62.7 Å². The van der Waals surface area contributed by atoms with Gasteiger partial charge in [0.1, 0.15) is 11.4 Å². The van der Waals surface area contributed by atoms with Crippen LogP contribution in [0.4, 0.5) is 5.69 Å². The number of methoxy groups -OCH3 is 2. The van der Waals surface area contributed by atoms with Gasteiger partial charge in [-0.15, -0.1) is 0 Å². The van der Waals surface area contributed by atoms with E-state index < -0.39 is 27.7 Å². The number of esters is 2. The Morgan fingerprint density at radius 2 is 1.71 bits per heavy atom. The van der Waals surface area contributed by atoms with Crippen molar-refractivity contribution in [2.24, 2.45) is 0 Å². The van der Waals surface area contributed by atoms with E-state index in [0.717, 1.165) is 17.5 Å². The lowest BCUT2D eigenvalue weighted by atomic mass is 10.1. The number of hydrogen-bond donors (Lipinski definition) is 1. The van der Waals surface area contributed by atoms with E-state index in [1.54, 1.807) is 0 Å². The number of carbonyl (C=O) groups is 2. The second-order valence-corrected chi connectivity index (χ2v) is 7.91. The van der Waals surface area contributed by atoms with Crippen molar-refractivity contribution in [1.29, 1.82) is 0 Å². The zero-order valence-electron chi connectivity index (χ0n) is 15.7. The fraction of sp³-hybridized carbons (Fsp3) is 0.222. The maximum absolute atomic E-state index is 12.4. The van der Waals surface area contributed by atoms with Gasteiger partial charge >= 0.3 is 11.9 Å². The number of rotatable bonds is 5. The molecule has 0 fully saturated rings. The van der Waals surface area contributed by atoms with Crippen molar-refractivity contribution in [1.82, 2.24) is 4.31 Å². The van der Waals surface area contributed by atoms with Crippen LogP contribution in [0.3, 0.4) is 0 Å². The molecule has 150 valence electrons. The SMILES string of the molecule is COC(=O)C1=C(C(=O)OC)N(c2ccc(S(=O)(=O)N(C)C)cc2O)C=CC=C1. The number of carbonyl (C=O) groups excluding carboxylic acids is 2. The number of sulfonamides is 1. The van der Waals surface area contributed by atoms with Crippen LogP contribution in [0.2, 0.25) is 0 Å². The highest BCUT2D eigenvalue weighted by Gasteiger charge is 2.29. The maximum Gasteiger partial charge on any atom is 0.355 e. The van der Waals surface area contributed by atoms with Gasteiger partial charge in [-0.3, -0.25) is 0 Å². The number of phenolic OH excluding ortho intramolecular Hbond substituents is 1. The van der Waals surface area contributed by atoms with Crippen molar-refractivity contribution in [3.8, 4) is 5.75 Å². The van der Waals surface area contributed by atoms with Crippen molar-refractivity contribution in [3.05, 3.63) is 53.9 Å². The molecule has 1 N–H and O–H groups in total. The monoisotopic (exact) mass is 408 g/mol. The number of ether oxygens (including phenoxy) is 2. The number of aromatic hydroxyl groups is 1. The predicted octanol–water partition coefficient (Wildman–Crippen LogP) is 1.13. The van der Waals surface area contributed by atoms with Crippen LogP contribution in [0.5, 0.6) is 5.75 Å². The van der Waals surface area contributed by atoms with Crippen LogP contribution >= 0.6 is 0 Å². The van der Waals surface area contributed by atoms with Crippen LogP contribution < -0.4 is 4.90 Å². The summed E-state index contributed by atoms with van der Waals surface area (Å²) < 4.78 is 35.0. The highest BCUT2D eigenvalue weighted by Crippen LogP contribution is 2.35. The molecule has 0 saturated heterocycles. The highest BCUT2D eigenvalue weighted by atomic mass is 32.2. The van der Waals surface area contributed by atoms with Gasteiger partial charge in [0, 0.05) is 26.4 Å². The molecular weight excluding hydrogens is 388 g/mol. The average Bonchev–Trinajstić information content (AvgIpc) is 2.89. The first-order chi connectivity index (χ1) is 13.1. The molecule has 0 aliphatic carbocycles. The molecule has 0 aromatic heterocycles. The van der Waals surface area contributed by atoms with Crippen LogP contribution in [-0.4, -0.2) is 58.1 Å². The zero-order chi connectivity index (χ0) is 21.1. The lowest BCUT2D eigenvalue weighted by molar-refractivity contribution is -0.139. The van der Waals surface area contributed by atoms with Gasteiger partial charge in [-0.1, -0.05) is 6.08 Å². The number of benzene rings is 1. The Labute approximate surface area is 162 Å². The van der Waals surface area contributed by atoms with Gasteiger partial charge in [-0.25, -0.2) is 22.3 Å². The lowest BCUT2D eigenvalue weighted by Crippen LogP contribution is -2.27. The molecule has 0 spiro atoms. The molecule has 1 heterocycles. The van der Waals surface area contributed by atoms with E-state index in [9.17, 15) is 23.1 Å². The maximum atomic E-state index is 12.4. The van der Waals surface area contributed by atoms with Crippen molar-refractivity contribution >= 4 is 27.6 Å². The molecule has 0 amide bonds. The van der Waals surface area contributed by atoms with Gasteiger partial charge in [0.05, 0.1) is 30.4 Å². The standard InChI is InChI=1S/C18H20N2O7S/c1-19(2)28(24,25)12-8-9-14(15(21)11-12)20-10-6-5-7-13(17(22)26-3)16(20)18(23)27-4/h5-11,21H,1-4H3. The van der Waals surface area contributed by atoms with Crippen molar-refractivity contribution in [2.75, 3.05) is 33.2 Å². The molecule has 0 bridgehead atoms. The molecule has 28 heavy (non-hydrogen) atoms. The lowest BCUT2D eigenvalue weighted by Gasteiger charge is -2.24. The zero-order valence-corrected chi connectivity index (χ0v) is 16.6. The number of hydrogen-bond acceptors (Lipinski definition) is 8. The molecule has 1 aromatic rings. The molecule has 0 saturated carbocycles. The topological polar surface area (TPSA) is 113 Å². The summed E-state index contributed by atoms with van der Waals surface area (Å²) in [6.45, 7) is 0. The molecule has 0 atom stereocenters. The van der Waals surface area contributed by atoms with Crippen molar-refractivity contribution < 1.29 is 32.6 Å². The minimum Gasteiger partial charge on any atom is -0.506 e. The Kier molecular flexibility index (Phi) is 6.26. The third-order valence-corrected chi connectivity index (χ3v) is 5.69. The van der Waals surface area contributed by atoms with Crippen LogP contribution in [0.1, 0.15) is 0 Å². The highest BCUT2D eigenvalue weighted by molar-refractivity contribution is 7.89. The van der Waals surface area contributed by atoms with Gasteiger partial charge in [0.2, 0.25) is 10.0 Å². The Morgan fingerprint density at radius 3 is 2.25 bits per heavy atom. The molecular formula is C18H20N2O7S. The number of anilines is 1. The van der Waals surface area contributed by atoms with Gasteiger partial charge in [-0.2, -0.15) is 0 Å². The molecule has 1 aliphatic heterocycles. The predicted molar refractivity (Wildman–Crippen MR) is 101 cm³/mol. The van der Waals surface area contributed by atoms with E-state index in [4.69, 9.17) is 9.47 Å². The number of phenols is 1. The normalized spacial score (nSPS) is 14.2. The first-order valence-electron chi connectivity index (χ1n) is 7.95. The van der Waals surface area contributed by atoms with Crippen LogP contribution in [-0.2, 0) is 29.1 Å². The van der Waals surface area contributed by atoms with Crippen molar-refractivity contribution in [2.45, 2.75) is 4.90 Å². The molecule has 0 unspecified atom stereocenters. The summed E-state index contributed by atoms with van der Waals surface area (Å²) in [7, 11) is 1.27. The Bertz CT molecular complexity index is 991. The van der Waals surface area contributed by atoms with Gasteiger partial charge in [0.25, 0.3) is 0 Å². The van der Waals surface area contributed by atoms with E-state index in [1.807, 2.05) is 0 Å². The minimum atomic E-state index is -3.77. The summed E-state index contributed by atoms with van der Waals surface area (Å²) in [5.41, 5.74) is -0.221. The number of nitrogens with zero attached hydrogens (tertiary/aromatic N) is 2. The minimum absolute atomic E-state index is 0.0689. The summed E-state index contributed by atoms with van der Waals surface area (Å²) in [4.78, 5) is 25.6. The van der Waals surface area contributed by atoms with Crippen molar-refractivity contribution in [3.63, 3.8) is 0 Å². The van der Waals surface area contributed by atoms with Gasteiger partial charge < -0.3 is 19.5 Å². The largest absolute Gasteiger partial charge is 0.506 e. The Morgan fingerprint density at radius 1 is 1.07 bits per heavy atom. The Balaban J connectivity index is 2.67. The fourth-order valence-electron chi connectivity index (χ4n) is 2.43. The molecule has 9 nitrogen and oxygen atoms in total. The molecule has 1 aliphatic rings. The van der Waals surface area contributed by atoms with E-state index in [2.05, 4.69) is 0 Å². The summed E-state index contributed by atoms with van der Waals surface area (Å²) in [6.07, 6.45) is 5.84. The summed E-state index contributed by atoms with van der Waals surface area (Å²) in [6, 6.07) is 3.66. The smallest absolute Gasteiger partial charge is 0.355 e. The summed E-state index contributed by atoms with van der Waals surface area (Å²) >= 11 is 0. The second kappa shape index (κ2) is 8.28. The van der Waals surface area contributed by atoms with Crippen LogP contribution in [0, 0.1) is 0 Å². The summed E-state index contributed by atoms with van der Waals surface area (Å²) in [5, 5.41) is 10.5. The van der Waals surface area contributed by atoms with Gasteiger partial charge in [0.15, 0.2) is 0 Å². The Hall–Kier alpha value is -3.11. The first-order valence-corrected chi connectivity index (χ1v) is 9.39. The third-order valence-electron chi connectivity index (χ3n) is 3.87. The first kappa shape index (κ1) is 21.2. The van der Waals surface area contributed by atoms with E-state index in [0.29, 0.717) is 0 Å². The third kappa shape index (κ3) is 3.92. The van der Waals surface area contributed by atoms with Crippen LogP contribution in [0.25, 0.3) is 0 Å².